The Balaban J connectivity index is 1.83. The molecule has 1 aromatic heterocycles. The van der Waals surface area contributed by atoms with E-state index in [0.717, 1.165) is 6.08 Å². The first-order chi connectivity index (χ1) is 11.0. The van der Waals surface area contributed by atoms with Crippen LogP contribution in [0.3, 0.4) is 0 Å². The normalized spacial score (nSPS) is 10.7. The van der Waals surface area contributed by atoms with Crippen LogP contribution in [0.25, 0.3) is 6.08 Å². The summed E-state index contributed by atoms with van der Waals surface area (Å²) in [6.45, 7) is -0.451. The van der Waals surface area contributed by atoms with E-state index in [4.69, 9.17) is 32.4 Å². The highest BCUT2D eigenvalue weighted by molar-refractivity contribution is 9.10. The molecule has 23 heavy (non-hydrogen) atoms. The van der Waals surface area contributed by atoms with Crippen LogP contribution in [0.15, 0.2) is 45.5 Å². The molecule has 1 heterocycles. The lowest BCUT2D eigenvalue weighted by atomic mass is 10.3. The van der Waals surface area contributed by atoms with Crippen molar-refractivity contribution in [3.05, 3.63) is 56.9 Å². The number of anilines is 1. The minimum Gasteiger partial charge on any atom is -0.452 e. The highest BCUT2D eigenvalue weighted by Crippen LogP contribution is 2.29. The van der Waals surface area contributed by atoms with Crippen LogP contribution in [0.1, 0.15) is 5.76 Å². The van der Waals surface area contributed by atoms with Crippen molar-refractivity contribution in [3.63, 3.8) is 0 Å². The highest BCUT2D eigenvalue weighted by Gasteiger charge is 2.10. The Bertz CT molecular complexity index is 758. The highest BCUT2D eigenvalue weighted by atomic mass is 79.9. The topological polar surface area (TPSA) is 68.5 Å². The minimum absolute atomic E-state index is 0.220. The molecule has 5 nitrogen and oxygen atoms in total. The predicted octanol–water partition coefficient (Wildman–Crippen LogP) is 4.54. The summed E-state index contributed by atoms with van der Waals surface area (Å²) >= 11 is 14.9. The van der Waals surface area contributed by atoms with E-state index in [1.807, 2.05) is 0 Å². The lowest BCUT2D eigenvalue weighted by Crippen LogP contribution is -2.20. The zero-order valence-corrected chi connectivity index (χ0v) is 14.6. The van der Waals surface area contributed by atoms with Gasteiger partial charge < -0.3 is 14.5 Å². The molecule has 0 aliphatic rings. The predicted molar refractivity (Wildman–Crippen MR) is 91.5 cm³/mol. The van der Waals surface area contributed by atoms with Gasteiger partial charge >= 0.3 is 5.97 Å². The number of halogens is 3. The van der Waals surface area contributed by atoms with Gasteiger partial charge in [0.2, 0.25) is 0 Å². The van der Waals surface area contributed by atoms with Crippen molar-refractivity contribution < 1.29 is 18.7 Å². The monoisotopic (exact) mass is 417 g/mol. The van der Waals surface area contributed by atoms with Crippen molar-refractivity contribution >= 4 is 62.8 Å². The first kappa shape index (κ1) is 17.6. The van der Waals surface area contributed by atoms with Gasteiger partial charge in [-0.2, -0.15) is 0 Å². The van der Waals surface area contributed by atoms with Gasteiger partial charge in [-0.15, -0.1) is 0 Å². The number of carbonyl (C=O) groups excluding carboxylic acids is 2. The Hall–Kier alpha value is -1.76. The maximum absolute atomic E-state index is 11.7. The van der Waals surface area contributed by atoms with Crippen LogP contribution in [-0.4, -0.2) is 18.5 Å². The average molecular weight is 419 g/mol. The van der Waals surface area contributed by atoms with Gasteiger partial charge in [0.15, 0.2) is 11.3 Å². The standard InChI is InChI=1S/C15H10BrCl2NO4/c16-12-6-4-9(23-12)5-7-14(21)22-8-13(20)19-11-3-1-2-10(17)15(11)18/h1-7H,8H2,(H,19,20). The first-order valence-electron chi connectivity index (χ1n) is 6.30. The Kier molecular flexibility index (Phi) is 6.27. The van der Waals surface area contributed by atoms with Gasteiger partial charge in [0.25, 0.3) is 5.91 Å². The van der Waals surface area contributed by atoms with Crippen molar-refractivity contribution in [2.75, 3.05) is 11.9 Å². The van der Waals surface area contributed by atoms with Crippen molar-refractivity contribution in [2.45, 2.75) is 0 Å². The second-order valence-corrected chi connectivity index (χ2v) is 5.80. The molecule has 0 unspecified atom stereocenters. The number of hydrogen-bond donors (Lipinski definition) is 1. The van der Waals surface area contributed by atoms with Gasteiger partial charge in [0, 0.05) is 6.08 Å². The number of amides is 1. The summed E-state index contributed by atoms with van der Waals surface area (Å²) in [5.74, 6) is -0.731. The number of carbonyl (C=O) groups is 2. The van der Waals surface area contributed by atoms with E-state index in [0.29, 0.717) is 21.1 Å². The molecule has 1 aromatic carbocycles. The largest absolute Gasteiger partial charge is 0.452 e. The third-order valence-electron chi connectivity index (χ3n) is 2.55. The lowest BCUT2D eigenvalue weighted by molar-refractivity contribution is -0.142. The van der Waals surface area contributed by atoms with E-state index >= 15 is 0 Å². The molecule has 0 bridgehead atoms. The SMILES string of the molecule is O=C(COC(=O)C=Cc1ccc(Br)o1)Nc1cccc(Cl)c1Cl. The number of furan rings is 1. The second kappa shape index (κ2) is 8.19. The molecule has 1 amide bonds. The summed E-state index contributed by atoms with van der Waals surface area (Å²) in [6, 6.07) is 8.18. The molecule has 0 saturated carbocycles. The summed E-state index contributed by atoms with van der Waals surface area (Å²) in [6.07, 6.45) is 2.59. The molecule has 0 radical (unpaired) electrons. The zero-order chi connectivity index (χ0) is 16.8. The van der Waals surface area contributed by atoms with Crippen LogP contribution in [0.2, 0.25) is 10.0 Å². The van der Waals surface area contributed by atoms with Gasteiger partial charge in [-0.1, -0.05) is 29.3 Å². The maximum atomic E-state index is 11.7. The molecule has 120 valence electrons. The average Bonchev–Trinajstić information content (AvgIpc) is 2.93. The molecule has 0 aliphatic heterocycles. The molecule has 0 fully saturated rings. The summed E-state index contributed by atoms with van der Waals surface area (Å²) in [5.41, 5.74) is 0.344. The molecule has 0 saturated heterocycles. The van der Waals surface area contributed by atoms with E-state index in [9.17, 15) is 9.59 Å². The summed E-state index contributed by atoms with van der Waals surface area (Å²) in [7, 11) is 0. The van der Waals surface area contributed by atoms with E-state index in [-0.39, 0.29) is 5.02 Å². The summed E-state index contributed by atoms with van der Waals surface area (Å²) in [4.78, 5) is 23.2. The van der Waals surface area contributed by atoms with E-state index in [1.165, 1.54) is 6.08 Å². The molecular formula is C15H10BrCl2NO4. The third kappa shape index (κ3) is 5.42. The first-order valence-corrected chi connectivity index (χ1v) is 7.84. The number of benzene rings is 1. The van der Waals surface area contributed by atoms with Crippen LogP contribution in [0.4, 0.5) is 5.69 Å². The van der Waals surface area contributed by atoms with Crippen molar-refractivity contribution in [1.82, 2.24) is 0 Å². The number of ether oxygens (including phenoxy) is 1. The van der Waals surface area contributed by atoms with E-state index in [1.54, 1.807) is 30.3 Å². The fraction of sp³-hybridized carbons (Fsp3) is 0.0667. The minimum atomic E-state index is -0.676. The van der Waals surface area contributed by atoms with Crippen LogP contribution in [-0.2, 0) is 14.3 Å². The van der Waals surface area contributed by atoms with Gasteiger partial charge in [0.05, 0.1) is 15.7 Å². The van der Waals surface area contributed by atoms with Gasteiger partial charge in [-0.05, 0) is 46.3 Å². The molecule has 0 spiro atoms. The Morgan fingerprint density at radius 1 is 1.26 bits per heavy atom. The zero-order valence-electron chi connectivity index (χ0n) is 11.5. The molecule has 2 aromatic rings. The second-order valence-electron chi connectivity index (χ2n) is 4.23. The smallest absolute Gasteiger partial charge is 0.331 e. The Morgan fingerprint density at radius 3 is 2.74 bits per heavy atom. The number of hydrogen-bond acceptors (Lipinski definition) is 4. The molecule has 2 rings (SSSR count). The van der Waals surface area contributed by atoms with E-state index in [2.05, 4.69) is 21.2 Å². The van der Waals surface area contributed by atoms with Crippen molar-refractivity contribution in [3.8, 4) is 0 Å². The van der Waals surface area contributed by atoms with Crippen LogP contribution < -0.4 is 5.32 Å². The molecule has 8 heteroatoms. The Labute approximate surface area is 150 Å². The fourth-order valence-electron chi connectivity index (χ4n) is 1.54. The van der Waals surface area contributed by atoms with E-state index < -0.39 is 18.5 Å². The molecule has 0 aliphatic carbocycles. The van der Waals surface area contributed by atoms with Gasteiger partial charge in [0.1, 0.15) is 5.76 Å². The van der Waals surface area contributed by atoms with Crippen molar-refractivity contribution in [1.29, 1.82) is 0 Å². The number of rotatable bonds is 5. The third-order valence-corrected chi connectivity index (χ3v) is 3.79. The molecule has 1 N–H and O–H groups in total. The Morgan fingerprint density at radius 2 is 2.04 bits per heavy atom. The fourth-order valence-corrected chi connectivity index (χ4v) is 2.21. The summed E-state index contributed by atoms with van der Waals surface area (Å²) < 4.78 is 10.5. The maximum Gasteiger partial charge on any atom is 0.331 e. The van der Waals surface area contributed by atoms with Crippen LogP contribution >= 0.6 is 39.1 Å². The van der Waals surface area contributed by atoms with Gasteiger partial charge in [-0.25, -0.2) is 4.79 Å². The van der Waals surface area contributed by atoms with Crippen molar-refractivity contribution in [2.24, 2.45) is 0 Å². The molecular weight excluding hydrogens is 409 g/mol. The van der Waals surface area contributed by atoms with Crippen LogP contribution in [0, 0.1) is 0 Å². The quantitative estimate of drug-likeness (QED) is 0.571. The van der Waals surface area contributed by atoms with Crippen LogP contribution in [0.5, 0.6) is 0 Å². The lowest BCUT2D eigenvalue weighted by Gasteiger charge is -2.07. The van der Waals surface area contributed by atoms with Gasteiger partial charge in [-0.3, -0.25) is 4.79 Å². The number of nitrogens with one attached hydrogen (secondary N) is 1. The number of esters is 1. The summed E-state index contributed by atoms with van der Waals surface area (Å²) in [5, 5.41) is 3.04. The molecule has 0 atom stereocenters.